The minimum absolute atomic E-state index is 0.00964. The molecule has 10 heteroatoms. The van der Waals surface area contributed by atoms with Crippen LogP contribution in [-0.4, -0.2) is 38.8 Å². The fourth-order valence-corrected chi connectivity index (χ4v) is 4.32. The highest BCUT2D eigenvalue weighted by Crippen LogP contribution is 2.28. The third-order valence-corrected chi connectivity index (χ3v) is 5.88. The SMILES string of the molecule is O=C(NC1CCCCC1)N(C(=O)c1cc([N+](=O)[O-])cc([N+](=O)[O-])c1)C1CCCCC1. The van der Waals surface area contributed by atoms with Crippen LogP contribution in [0.2, 0.25) is 0 Å². The first-order valence-electron chi connectivity index (χ1n) is 10.4. The summed E-state index contributed by atoms with van der Waals surface area (Å²) in [5.41, 5.74) is -1.33. The predicted octanol–water partition coefficient (Wildman–Crippen LogP) is 4.32. The second kappa shape index (κ2) is 9.64. The number of imide groups is 1. The Hall–Kier alpha value is -3.04. The van der Waals surface area contributed by atoms with Crippen LogP contribution >= 0.6 is 0 Å². The minimum Gasteiger partial charge on any atom is -0.335 e. The molecule has 162 valence electrons. The summed E-state index contributed by atoms with van der Waals surface area (Å²) in [5.74, 6) is -0.734. The molecule has 30 heavy (non-hydrogen) atoms. The molecule has 0 radical (unpaired) electrons. The summed E-state index contributed by atoms with van der Waals surface area (Å²) < 4.78 is 0. The van der Waals surface area contributed by atoms with Crippen LogP contribution in [0.25, 0.3) is 0 Å². The summed E-state index contributed by atoms with van der Waals surface area (Å²) in [6, 6.07) is 1.95. The summed E-state index contributed by atoms with van der Waals surface area (Å²) in [6.45, 7) is 0. The number of nitro benzene ring substituents is 2. The molecule has 2 aliphatic rings. The smallest absolute Gasteiger partial charge is 0.324 e. The predicted molar refractivity (Wildman–Crippen MR) is 108 cm³/mol. The molecule has 0 spiro atoms. The second-order valence-electron chi connectivity index (χ2n) is 8.00. The number of amides is 3. The number of nitrogens with one attached hydrogen (secondary N) is 1. The van der Waals surface area contributed by atoms with Crippen molar-refractivity contribution in [1.29, 1.82) is 0 Å². The number of hydrogen-bond acceptors (Lipinski definition) is 6. The van der Waals surface area contributed by atoms with Crippen molar-refractivity contribution in [2.24, 2.45) is 0 Å². The molecule has 1 N–H and O–H groups in total. The molecule has 0 heterocycles. The summed E-state index contributed by atoms with van der Waals surface area (Å²) >= 11 is 0. The second-order valence-corrected chi connectivity index (χ2v) is 8.00. The first-order chi connectivity index (χ1) is 14.4. The molecule has 3 rings (SSSR count). The van der Waals surface area contributed by atoms with Crippen LogP contribution in [0.3, 0.4) is 0 Å². The van der Waals surface area contributed by atoms with Gasteiger partial charge in [0.1, 0.15) is 0 Å². The van der Waals surface area contributed by atoms with Gasteiger partial charge in [-0.3, -0.25) is 29.9 Å². The van der Waals surface area contributed by atoms with E-state index in [1.165, 1.54) is 0 Å². The van der Waals surface area contributed by atoms with E-state index in [0.717, 1.165) is 74.5 Å². The van der Waals surface area contributed by atoms with E-state index in [-0.39, 0.29) is 17.6 Å². The molecular weight excluding hydrogens is 392 g/mol. The zero-order valence-electron chi connectivity index (χ0n) is 16.7. The molecule has 2 saturated carbocycles. The van der Waals surface area contributed by atoms with Gasteiger partial charge in [0.15, 0.2) is 0 Å². The third-order valence-electron chi connectivity index (χ3n) is 5.88. The molecule has 0 aliphatic heterocycles. The van der Waals surface area contributed by atoms with E-state index in [2.05, 4.69) is 5.32 Å². The van der Waals surface area contributed by atoms with Gasteiger partial charge in [0.2, 0.25) is 0 Å². The first-order valence-corrected chi connectivity index (χ1v) is 10.4. The molecule has 0 saturated heterocycles. The number of rotatable bonds is 5. The van der Waals surface area contributed by atoms with Gasteiger partial charge in [-0.2, -0.15) is 0 Å². The van der Waals surface area contributed by atoms with E-state index in [9.17, 15) is 29.8 Å². The quantitative estimate of drug-likeness (QED) is 0.558. The highest BCUT2D eigenvalue weighted by molar-refractivity contribution is 6.05. The van der Waals surface area contributed by atoms with Gasteiger partial charge < -0.3 is 5.32 Å². The van der Waals surface area contributed by atoms with E-state index < -0.39 is 33.2 Å². The number of carbonyl (C=O) groups excluding carboxylic acids is 2. The third kappa shape index (κ3) is 5.11. The Balaban J connectivity index is 1.92. The summed E-state index contributed by atoms with van der Waals surface area (Å²) in [5, 5.41) is 25.3. The highest BCUT2D eigenvalue weighted by atomic mass is 16.6. The Labute approximate surface area is 173 Å². The van der Waals surface area contributed by atoms with Crippen molar-refractivity contribution in [2.45, 2.75) is 76.3 Å². The standard InChI is InChI=1S/C20H26N4O6/c25-19(14-11-17(23(27)28)13-18(12-14)24(29)30)22(16-9-5-2-6-10-16)20(26)21-15-7-3-1-4-8-15/h11-13,15-16H,1-10H2,(H,21,26). The van der Waals surface area contributed by atoms with E-state index in [0.29, 0.717) is 12.8 Å². The van der Waals surface area contributed by atoms with E-state index in [1.54, 1.807) is 0 Å². The number of benzene rings is 1. The molecule has 0 bridgehead atoms. The maximum Gasteiger partial charge on any atom is 0.324 e. The van der Waals surface area contributed by atoms with Crippen LogP contribution in [0.1, 0.15) is 74.6 Å². The molecule has 2 aliphatic carbocycles. The number of non-ortho nitro benzene ring substituents is 2. The van der Waals surface area contributed by atoms with Crippen molar-refractivity contribution in [3.05, 3.63) is 44.0 Å². The van der Waals surface area contributed by atoms with Crippen LogP contribution < -0.4 is 5.32 Å². The lowest BCUT2D eigenvalue weighted by Crippen LogP contribution is -2.52. The van der Waals surface area contributed by atoms with Gasteiger partial charge in [-0.15, -0.1) is 0 Å². The van der Waals surface area contributed by atoms with Gasteiger partial charge in [0.25, 0.3) is 17.3 Å². The van der Waals surface area contributed by atoms with Gasteiger partial charge in [-0.05, 0) is 25.7 Å². The van der Waals surface area contributed by atoms with Crippen LogP contribution in [-0.2, 0) is 0 Å². The van der Waals surface area contributed by atoms with Crippen LogP contribution in [0.4, 0.5) is 16.2 Å². The summed E-state index contributed by atoms with van der Waals surface area (Å²) in [4.78, 5) is 48.4. The number of urea groups is 1. The Morgan fingerprint density at radius 3 is 1.83 bits per heavy atom. The largest absolute Gasteiger partial charge is 0.335 e. The van der Waals surface area contributed by atoms with Crippen molar-refractivity contribution in [3.8, 4) is 0 Å². The van der Waals surface area contributed by atoms with Crippen LogP contribution in [0.15, 0.2) is 18.2 Å². The normalized spacial score (nSPS) is 17.9. The van der Waals surface area contributed by atoms with Gasteiger partial charge in [0.05, 0.1) is 21.5 Å². The van der Waals surface area contributed by atoms with E-state index in [4.69, 9.17) is 0 Å². The number of hydrogen-bond donors (Lipinski definition) is 1. The van der Waals surface area contributed by atoms with Crippen LogP contribution in [0.5, 0.6) is 0 Å². The average molecular weight is 418 g/mol. The summed E-state index contributed by atoms with van der Waals surface area (Å²) in [7, 11) is 0. The highest BCUT2D eigenvalue weighted by Gasteiger charge is 2.34. The lowest BCUT2D eigenvalue weighted by Gasteiger charge is -2.34. The maximum atomic E-state index is 13.3. The fraction of sp³-hybridized carbons (Fsp3) is 0.600. The minimum atomic E-state index is -0.781. The topological polar surface area (TPSA) is 136 Å². The van der Waals surface area contributed by atoms with Crippen molar-refractivity contribution >= 4 is 23.3 Å². The average Bonchev–Trinajstić information content (AvgIpc) is 2.75. The van der Waals surface area contributed by atoms with Crippen molar-refractivity contribution < 1.29 is 19.4 Å². The van der Waals surface area contributed by atoms with E-state index >= 15 is 0 Å². The van der Waals surface area contributed by atoms with E-state index in [1.807, 2.05) is 0 Å². The Morgan fingerprint density at radius 2 is 1.33 bits per heavy atom. The Bertz CT molecular complexity index is 798. The van der Waals surface area contributed by atoms with Crippen molar-refractivity contribution in [3.63, 3.8) is 0 Å². The van der Waals surface area contributed by atoms with Gasteiger partial charge in [-0.25, -0.2) is 4.79 Å². The number of carbonyl (C=O) groups is 2. The zero-order valence-corrected chi connectivity index (χ0v) is 16.7. The molecule has 10 nitrogen and oxygen atoms in total. The Morgan fingerprint density at radius 1 is 0.833 bits per heavy atom. The van der Waals surface area contributed by atoms with Crippen LogP contribution in [0, 0.1) is 20.2 Å². The van der Waals surface area contributed by atoms with Crippen molar-refractivity contribution in [1.82, 2.24) is 10.2 Å². The van der Waals surface area contributed by atoms with Crippen molar-refractivity contribution in [2.75, 3.05) is 0 Å². The monoisotopic (exact) mass is 418 g/mol. The van der Waals surface area contributed by atoms with Gasteiger partial charge in [0, 0.05) is 24.2 Å². The fourth-order valence-electron chi connectivity index (χ4n) is 4.32. The number of nitro groups is 2. The maximum absolute atomic E-state index is 13.3. The molecule has 0 atom stereocenters. The number of nitrogens with zero attached hydrogens (tertiary/aromatic N) is 3. The van der Waals surface area contributed by atoms with Gasteiger partial charge >= 0.3 is 6.03 Å². The molecule has 1 aromatic carbocycles. The molecule has 0 unspecified atom stereocenters. The lowest BCUT2D eigenvalue weighted by molar-refractivity contribution is -0.394. The summed E-state index contributed by atoms with van der Waals surface area (Å²) in [6.07, 6.45) is 8.92. The molecular formula is C20H26N4O6. The van der Waals surface area contributed by atoms with Gasteiger partial charge in [-0.1, -0.05) is 38.5 Å². The zero-order chi connectivity index (χ0) is 21.7. The Kier molecular flexibility index (Phi) is 6.96. The molecule has 0 aromatic heterocycles. The molecule has 3 amide bonds. The molecule has 1 aromatic rings. The lowest BCUT2D eigenvalue weighted by atomic mass is 9.93. The molecule has 2 fully saturated rings. The first kappa shape index (κ1) is 21.7.